The Kier molecular flexibility index (Phi) is 3.99. The molecule has 8 heteroatoms. The van der Waals surface area contributed by atoms with Crippen LogP contribution in [0.25, 0.3) is 0 Å². The van der Waals surface area contributed by atoms with Crippen LogP contribution in [0.5, 0.6) is 5.75 Å². The molecule has 7 nitrogen and oxygen atoms in total. The van der Waals surface area contributed by atoms with Crippen LogP contribution in [-0.4, -0.2) is 21.6 Å². The van der Waals surface area contributed by atoms with E-state index in [1.807, 2.05) is 0 Å². The van der Waals surface area contributed by atoms with Crippen molar-refractivity contribution in [3.8, 4) is 5.75 Å². The Bertz CT molecular complexity index is 714. The van der Waals surface area contributed by atoms with E-state index < -0.39 is 4.92 Å². The molecular weight excluding hydrogens is 286 g/mol. The van der Waals surface area contributed by atoms with Crippen molar-refractivity contribution in [1.82, 2.24) is 9.55 Å². The molecule has 0 bridgehead atoms. The van der Waals surface area contributed by atoms with Gasteiger partial charge in [-0.05, 0) is 6.07 Å². The van der Waals surface area contributed by atoms with Gasteiger partial charge in [-0.1, -0.05) is 11.6 Å². The van der Waals surface area contributed by atoms with Crippen LogP contribution in [0.4, 0.5) is 5.69 Å². The Balaban J connectivity index is 2.43. The van der Waals surface area contributed by atoms with Gasteiger partial charge >= 0.3 is 0 Å². The molecular formula is C12H10ClN3O4. The molecule has 0 aliphatic rings. The molecule has 0 unspecified atom stereocenters. The van der Waals surface area contributed by atoms with Crippen LogP contribution < -0.4 is 10.3 Å². The maximum absolute atomic E-state index is 11.7. The van der Waals surface area contributed by atoms with Crippen molar-refractivity contribution in [2.45, 2.75) is 6.54 Å². The van der Waals surface area contributed by atoms with Gasteiger partial charge in [0, 0.05) is 23.8 Å². The number of benzene rings is 1. The highest BCUT2D eigenvalue weighted by Crippen LogP contribution is 2.24. The molecule has 1 aromatic heterocycles. The fourth-order valence-corrected chi connectivity index (χ4v) is 1.85. The molecule has 1 aromatic carbocycles. The van der Waals surface area contributed by atoms with Crippen LogP contribution in [0.2, 0.25) is 5.15 Å². The standard InChI is InChI=1S/C12H10ClN3O4/c1-20-10-3-2-9(16(18)19)4-8(10)6-15-7-14-11(13)5-12(15)17/h2-5,7H,6H2,1H3. The lowest BCUT2D eigenvalue weighted by Crippen LogP contribution is -2.20. The van der Waals surface area contributed by atoms with Crippen LogP contribution in [0.15, 0.2) is 35.4 Å². The van der Waals surface area contributed by atoms with E-state index in [-0.39, 0.29) is 22.9 Å². The first-order chi connectivity index (χ1) is 9.51. The lowest BCUT2D eigenvalue weighted by atomic mass is 10.1. The van der Waals surface area contributed by atoms with Gasteiger partial charge in [-0.15, -0.1) is 0 Å². The molecule has 2 rings (SSSR count). The van der Waals surface area contributed by atoms with E-state index in [2.05, 4.69) is 4.98 Å². The molecule has 0 atom stereocenters. The smallest absolute Gasteiger partial charge is 0.270 e. The van der Waals surface area contributed by atoms with Gasteiger partial charge in [0.05, 0.1) is 24.9 Å². The second-order valence-corrected chi connectivity index (χ2v) is 4.32. The van der Waals surface area contributed by atoms with Gasteiger partial charge in [-0.25, -0.2) is 4.98 Å². The third-order valence-electron chi connectivity index (χ3n) is 2.66. The topological polar surface area (TPSA) is 87.3 Å². The molecule has 1 heterocycles. The Morgan fingerprint density at radius 3 is 2.80 bits per heavy atom. The summed E-state index contributed by atoms with van der Waals surface area (Å²) in [5.74, 6) is 0.456. The van der Waals surface area contributed by atoms with Gasteiger partial charge in [0.1, 0.15) is 10.9 Å². The molecule has 0 N–H and O–H groups in total. The molecule has 0 spiro atoms. The lowest BCUT2D eigenvalue weighted by molar-refractivity contribution is -0.384. The largest absolute Gasteiger partial charge is 0.496 e. The molecule has 0 aliphatic heterocycles. The van der Waals surface area contributed by atoms with Crippen molar-refractivity contribution in [3.05, 3.63) is 61.8 Å². The zero-order valence-corrected chi connectivity index (χ0v) is 11.2. The van der Waals surface area contributed by atoms with Crippen molar-refractivity contribution in [1.29, 1.82) is 0 Å². The Labute approximate surface area is 118 Å². The summed E-state index contributed by atoms with van der Waals surface area (Å²) in [4.78, 5) is 25.8. The SMILES string of the molecule is COc1ccc([N+](=O)[O-])cc1Cn1cnc(Cl)cc1=O. The number of aromatic nitrogens is 2. The van der Waals surface area contributed by atoms with Gasteiger partial charge in [-0.3, -0.25) is 19.5 Å². The molecule has 0 radical (unpaired) electrons. The minimum Gasteiger partial charge on any atom is -0.496 e. The maximum atomic E-state index is 11.7. The highest BCUT2D eigenvalue weighted by Gasteiger charge is 2.12. The van der Waals surface area contributed by atoms with Crippen LogP contribution in [0.3, 0.4) is 0 Å². The number of hydrogen-bond donors (Lipinski definition) is 0. The monoisotopic (exact) mass is 295 g/mol. The van der Waals surface area contributed by atoms with E-state index in [0.29, 0.717) is 11.3 Å². The third kappa shape index (κ3) is 2.94. The van der Waals surface area contributed by atoms with Gasteiger partial charge in [0.25, 0.3) is 11.2 Å². The van der Waals surface area contributed by atoms with Crippen LogP contribution in [0.1, 0.15) is 5.56 Å². The van der Waals surface area contributed by atoms with E-state index in [1.165, 1.54) is 42.3 Å². The first kappa shape index (κ1) is 14.0. The quantitative estimate of drug-likeness (QED) is 0.488. The second kappa shape index (κ2) is 5.70. The zero-order chi connectivity index (χ0) is 14.7. The van der Waals surface area contributed by atoms with Crippen LogP contribution in [-0.2, 0) is 6.54 Å². The van der Waals surface area contributed by atoms with Crippen LogP contribution >= 0.6 is 11.6 Å². The van der Waals surface area contributed by atoms with Crippen molar-refractivity contribution < 1.29 is 9.66 Å². The van der Waals surface area contributed by atoms with E-state index in [4.69, 9.17) is 16.3 Å². The predicted molar refractivity (Wildman–Crippen MR) is 72.3 cm³/mol. The van der Waals surface area contributed by atoms with Crippen molar-refractivity contribution >= 4 is 17.3 Å². The minimum absolute atomic E-state index is 0.0734. The summed E-state index contributed by atoms with van der Waals surface area (Å²) in [5, 5.41) is 10.9. The van der Waals surface area contributed by atoms with Gasteiger partial charge in [0.15, 0.2) is 0 Å². The number of nitro groups is 1. The van der Waals surface area contributed by atoms with Crippen molar-refractivity contribution in [2.24, 2.45) is 0 Å². The molecule has 2 aromatic rings. The summed E-state index contributed by atoms with van der Waals surface area (Å²) >= 11 is 5.61. The molecule has 0 fully saturated rings. The molecule has 0 saturated carbocycles. The fraction of sp³-hybridized carbons (Fsp3) is 0.167. The van der Waals surface area contributed by atoms with Crippen molar-refractivity contribution in [2.75, 3.05) is 7.11 Å². The van der Waals surface area contributed by atoms with Gasteiger partial charge < -0.3 is 4.74 Å². The summed E-state index contributed by atoms with van der Waals surface area (Å²) in [6.07, 6.45) is 1.28. The summed E-state index contributed by atoms with van der Waals surface area (Å²) in [6, 6.07) is 5.36. The summed E-state index contributed by atoms with van der Waals surface area (Å²) in [5.41, 5.74) is 0.0854. The fourth-order valence-electron chi connectivity index (χ4n) is 1.71. The van der Waals surface area contributed by atoms with Crippen molar-refractivity contribution in [3.63, 3.8) is 0 Å². The zero-order valence-electron chi connectivity index (χ0n) is 10.4. The predicted octanol–water partition coefficient (Wildman–Crippen LogP) is 1.86. The number of nitrogens with zero attached hydrogens (tertiary/aromatic N) is 3. The first-order valence-electron chi connectivity index (χ1n) is 5.54. The lowest BCUT2D eigenvalue weighted by Gasteiger charge is -2.09. The number of halogens is 1. The van der Waals surface area contributed by atoms with Crippen LogP contribution in [0, 0.1) is 10.1 Å². The average Bonchev–Trinajstić information content (AvgIpc) is 2.41. The number of methoxy groups -OCH3 is 1. The summed E-state index contributed by atoms with van der Waals surface area (Å²) in [6.45, 7) is 0.105. The second-order valence-electron chi connectivity index (χ2n) is 3.93. The number of nitro benzene ring substituents is 1. The molecule has 104 valence electrons. The van der Waals surface area contributed by atoms with E-state index >= 15 is 0 Å². The van der Waals surface area contributed by atoms with E-state index in [0.717, 1.165) is 0 Å². The number of non-ortho nitro benzene ring substituents is 1. The molecule has 20 heavy (non-hydrogen) atoms. The Morgan fingerprint density at radius 2 is 2.20 bits per heavy atom. The highest BCUT2D eigenvalue weighted by molar-refractivity contribution is 6.29. The Morgan fingerprint density at radius 1 is 1.45 bits per heavy atom. The Hall–Kier alpha value is -2.41. The van der Waals surface area contributed by atoms with Gasteiger partial charge in [0.2, 0.25) is 0 Å². The number of ether oxygens (including phenoxy) is 1. The number of hydrogen-bond acceptors (Lipinski definition) is 5. The average molecular weight is 296 g/mol. The molecule has 0 amide bonds. The highest BCUT2D eigenvalue weighted by atomic mass is 35.5. The third-order valence-corrected chi connectivity index (χ3v) is 2.87. The minimum atomic E-state index is -0.508. The summed E-state index contributed by atoms with van der Waals surface area (Å²) < 4.78 is 6.42. The first-order valence-corrected chi connectivity index (χ1v) is 5.92. The maximum Gasteiger partial charge on any atom is 0.270 e. The normalized spacial score (nSPS) is 10.3. The molecule has 0 aliphatic carbocycles. The van der Waals surface area contributed by atoms with Gasteiger partial charge in [-0.2, -0.15) is 0 Å². The summed E-state index contributed by atoms with van der Waals surface area (Å²) in [7, 11) is 1.45. The van der Waals surface area contributed by atoms with E-state index in [9.17, 15) is 14.9 Å². The number of rotatable bonds is 4. The molecule has 0 saturated heterocycles. The van der Waals surface area contributed by atoms with E-state index in [1.54, 1.807) is 0 Å².